The van der Waals surface area contributed by atoms with Crippen molar-refractivity contribution < 1.29 is 25.9 Å². The van der Waals surface area contributed by atoms with E-state index in [4.69, 9.17) is 9.11 Å². The summed E-state index contributed by atoms with van der Waals surface area (Å²) in [6.45, 7) is 4.58. The molecular formula is C5H10O6S2. The normalized spacial score (nSPS) is 13.2. The zero-order valence-electron chi connectivity index (χ0n) is 6.84. The molecule has 13 heavy (non-hydrogen) atoms. The average molecular weight is 230 g/mol. The highest BCUT2D eigenvalue weighted by Crippen LogP contribution is 2.17. The molecule has 0 aliphatic heterocycles. The van der Waals surface area contributed by atoms with Gasteiger partial charge in [-0.2, -0.15) is 16.8 Å². The van der Waals surface area contributed by atoms with Crippen LogP contribution in [0.2, 0.25) is 0 Å². The van der Waals surface area contributed by atoms with E-state index in [1.807, 2.05) is 0 Å². The van der Waals surface area contributed by atoms with Gasteiger partial charge in [0.1, 0.15) is 0 Å². The van der Waals surface area contributed by atoms with Crippen LogP contribution in [0.1, 0.15) is 13.3 Å². The topological polar surface area (TPSA) is 109 Å². The lowest BCUT2D eigenvalue weighted by atomic mass is 10.3. The molecule has 0 fully saturated rings. The Labute approximate surface area is 76.8 Å². The monoisotopic (exact) mass is 230 g/mol. The van der Waals surface area contributed by atoms with Gasteiger partial charge in [0.2, 0.25) is 4.58 Å². The van der Waals surface area contributed by atoms with Gasteiger partial charge in [0.05, 0.1) is 0 Å². The molecule has 0 aliphatic rings. The third-order valence-corrected chi connectivity index (χ3v) is 4.54. The Morgan fingerprint density at radius 1 is 1.23 bits per heavy atom. The van der Waals surface area contributed by atoms with Crippen molar-refractivity contribution in [2.24, 2.45) is 0 Å². The molecule has 0 bridgehead atoms. The van der Waals surface area contributed by atoms with Crippen molar-refractivity contribution in [3.05, 3.63) is 12.2 Å². The first kappa shape index (κ1) is 12.6. The Balaban J connectivity index is 5.40. The van der Waals surface area contributed by atoms with Crippen LogP contribution in [0, 0.1) is 0 Å². The number of hydrogen-bond acceptors (Lipinski definition) is 4. The second-order valence-electron chi connectivity index (χ2n) is 2.37. The number of hydrogen-bond donors (Lipinski definition) is 2. The highest BCUT2D eigenvalue weighted by atomic mass is 32.3. The first-order chi connectivity index (χ1) is 5.60. The van der Waals surface area contributed by atoms with E-state index < -0.39 is 24.8 Å². The van der Waals surface area contributed by atoms with E-state index in [0.29, 0.717) is 0 Å². The summed E-state index contributed by atoms with van der Waals surface area (Å²) in [5, 5.41) is 0. The van der Waals surface area contributed by atoms with Gasteiger partial charge in [-0.25, -0.2) is 0 Å². The van der Waals surface area contributed by atoms with Crippen molar-refractivity contribution >= 4 is 20.2 Å². The van der Waals surface area contributed by atoms with Crippen molar-refractivity contribution in [3.8, 4) is 0 Å². The van der Waals surface area contributed by atoms with Gasteiger partial charge in [0.25, 0.3) is 20.2 Å². The zero-order valence-corrected chi connectivity index (χ0v) is 8.47. The lowest BCUT2D eigenvalue weighted by molar-refractivity contribution is 0.460. The maximum absolute atomic E-state index is 10.5. The van der Waals surface area contributed by atoms with Crippen LogP contribution in [0.5, 0.6) is 0 Å². The van der Waals surface area contributed by atoms with Crippen LogP contribution in [0.4, 0.5) is 0 Å². The minimum Gasteiger partial charge on any atom is -0.284 e. The molecule has 0 rings (SSSR count). The summed E-state index contributed by atoms with van der Waals surface area (Å²) in [5.41, 5.74) is -0.287. The minimum absolute atomic E-state index is 0.0181. The molecule has 0 amide bonds. The lowest BCUT2D eigenvalue weighted by Crippen LogP contribution is -2.30. The number of rotatable bonds is 4. The van der Waals surface area contributed by atoms with Crippen LogP contribution in [-0.4, -0.2) is 30.5 Å². The van der Waals surface area contributed by atoms with Crippen LogP contribution in [-0.2, 0) is 20.2 Å². The third-order valence-electron chi connectivity index (χ3n) is 1.33. The molecule has 6 nitrogen and oxygen atoms in total. The summed E-state index contributed by atoms with van der Waals surface area (Å²) in [7, 11) is -9.74. The second kappa shape index (κ2) is 3.74. The molecule has 2 N–H and O–H groups in total. The van der Waals surface area contributed by atoms with Gasteiger partial charge in [0, 0.05) is 0 Å². The summed E-state index contributed by atoms with van der Waals surface area (Å²) in [5.74, 6) is 0. The van der Waals surface area contributed by atoms with E-state index in [2.05, 4.69) is 6.58 Å². The van der Waals surface area contributed by atoms with Crippen molar-refractivity contribution in [2.75, 3.05) is 0 Å². The molecule has 0 saturated heterocycles. The maximum atomic E-state index is 10.5. The minimum atomic E-state index is -4.87. The summed E-state index contributed by atoms with van der Waals surface area (Å²) in [6, 6.07) is 0. The van der Waals surface area contributed by atoms with Crippen molar-refractivity contribution in [2.45, 2.75) is 17.9 Å². The van der Waals surface area contributed by atoms with Gasteiger partial charge in [0.15, 0.2) is 0 Å². The standard InChI is InChI=1S/C5H10O6S2/c1-3-4(2)5(12(6,7)8)13(9,10)11/h5H,2-3H2,1H3,(H,6,7,8)(H,9,10,11). The molecule has 0 saturated carbocycles. The van der Waals surface area contributed by atoms with E-state index in [1.165, 1.54) is 6.92 Å². The largest absolute Gasteiger partial charge is 0.288 e. The molecule has 0 atom stereocenters. The van der Waals surface area contributed by atoms with Crippen molar-refractivity contribution in [1.82, 2.24) is 0 Å². The SMILES string of the molecule is C=C(CC)C(S(=O)(=O)O)S(=O)(=O)O. The molecule has 8 heteroatoms. The zero-order chi connectivity index (χ0) is 10.9. The summed E-state index contributed by atoms with van der Waals surface area (Å²) in [4.78, 5) is 0. The van der Waals surface area contributed by atoms with Crippen LogP contribution < -0.4 is 0 Å². The van der Waals surface area contributed by atoms with E-state index in [-0.39, 0.29) is 12.0 Å². The van der Waals surface area contributed by atoms with Crippen molar-refractivity contribution in [3.63, 3.8) is 0 Å². The van der Waals surface area contributed by atoms with E-state index in [0.717, 1.165) is 0 Å². The fourth-order valence-corrected chi connectivity index (χ4v) is 3.15. The van der Waals surface area contributed by atoms with Gasteiger partial charge >= 0.3 is 0 Å². The smallest absolute Gasteiger partial charge is 0.284 e. The molecule has 0 heterocycles. The Hall–Kier alpha value is -0.440. The Kier molecular flexibility index (Phi) is 3.62. The first-order valence-corrected chi connectivity index (χ1v) is 6.21. The van der Waals surface area contributed by atoms with Crippen LogP contribution in [0.3, 0.4) is 0 Å². The van der Waals surface area contributed by atoms with Gasteiger partial charge in [-0.15, -0.1) is 0 Å². The Morgan fingerprint density at radius 3 is 1.62 bits per heavy atom. The summed E-state index contributed by atoms with van der Waals surface area (Å²) < 4.78 is 56.8. The molecule has 0 radical (unpaired) electrons. The van der Waals surface area contributed by atoms with Gasteiger partial charge in [-0.3, -0.25) is 9.11 Å². The first-order valence-electron chi connectivity index (χ1n) is 3.21. The van der Waals surface area contributed by atoms with E-state index in [9.17, 15) is 16.8 Å². The molecule has 0 spiro atoms. The van der Waals surface area contributed by atoms with E-state index in [1.54, 1.807) is 0 Å². The van der Waals surface area contributed by atoms with Crippen LogP contribution in [0.25, 0.3) is 0 Å². The van der Waals surface area contributed by atoms with Crippen molar-refractivity contribution in [1.29, 1.82) is 0 Å². The fraction of sp³-hybridized carbons (Fsp3) is 0.600. The molecule has 0 aromatic heterocycles. The molecule has 0 aliphatic carbocycles. The lowest BCUT2D eigenvalue weighted by Gasteiger charge is -2.11. The van der Waals surface area contributed by atoms with Crippen LogP contribution in [0.15, 0.2) is 12.2 Å². The Bertz CT molecular complexity index is 357. The third kappa shape index (κ3) is 3.43. The summed E-state index contributed by atoms with van der Waals surface area (Å²) in [6.07, 6.45) is 0.0181. The van der Waals surface area contributed by atoms with E-state index >= 15 is 0 Å². The molecule has 0 aromatic rings. The highest BCUT2D eigenvalue weighted by Gasteiger charge is 2.37. The predicted molar refractivity (Wildman–Crippen MR) is 46.3 cm³/mol. The predicted octanol–water partition coefficient (Wildman–Crippen LogP) is 0.0543. The Morgan fingerprint density at radius 2 is 1.54 bits per heavy atom. The summed E-state index contributed by atoms with van der Waals surface area (Å²) >= 11 is 0. The average Bonchev–Trinajstić information content (AvgIpc) is 1.80. The highest BCUT2D eigenvalue weighted by molar-refractivity contribution is 8.04. The molecular weight excluding hydrogens is 220 g/mol. The van der Waals surface area contributed by atoms with Gasteiger partial charge in [-0.1, -0.05) is 13.5 Å². The quantitative estimate of drug-likeness (QED) is 0.522. The van der Waals surface area contributed by atoms with Gasteiger partial charge < -0.3 is 0 Å². The molecule has 78 valence electrons. The van der Waals surface area contributed by atoms with Crippen LogP contribution >= 0.6 is 0 Å². The molecule has 0 unspecified atom stereocenters. The fourth-order valence-electron chi connectivity index (χ4n) is 0.742. The van der Waals surface area contributed by atoms with Gasteiger partial charge in [-0.05, 0) is 12.0 Å². The maximum Gasteiger partial charge on any atom is 0.288 e. The molecule has 0 aromatic carbocycles. The second-order valence-corrected chi connectivity index (χ2v) is 5.67.